The average Bonchev–Trinajstić information content (AvgIpc) is 2.59. The summed E-state index contributed by atoms with van der Waals surface area (Å²) in [6.07, 6.45) is 6.51. The molecule has 4 heteroatoms. The van der Waals surface area contributed by atoms with E-state index in [0.29, 0.717) is 0 Å². The molecule has 0 aromatic heterocycles. The molecule has 3 aromatic carbocycles. The Morgan fingerprint density at radius 3 is 2.29 bits per heavy atom. The molecular formula is C20H18Li4. The fraction of sp³-hybridized carbons (Fsp3) is 0.300. The first-order valence-corrected chi connectivity index (χ1v) is 9.46. The van der Waals surface area contributed by atoms with Gasteiger partial charge in [-0.3, -0.25) is 0 Å². The molecule has 0 spiro atoms. The van der Waals surface area contributed by atoms with Gasteiger partial charge in [0.1, 0.15) is 0 Å². The predicted octanol–water partition coefficient (Wildman–Crippen LogP) is 1.29. The summed E-state index contributed by atoms with van der Waals surface area (Å²) in [5.41, 5.74) is 1.58. The summed E-state index contributed by atoms with van der Waals surface area (Å²) in [4.78, 5) is 0. The SMILES string of the molecule is [Li][c]1[c]([Li])c(CCCCCC)c2cc3[c]([Li])cccc3cc2[c]1[Li]. The Hall–Kier alpha value is 0.570. The molecule has 0 N–H and O–H groups in total. The number of hydrogen-bond acceptors (Lipinski definition) is 0. The molecule has 0 aliphatic rings. The molecule has 3 rings (SSSR count). The van der Waals surface area contributed by atoms with Crippen molar-refractivity contribution in [1.29, 1.82) is 0 Å². The van der Waals surface area contributed by atoms with Gasteiger partial charge in [0.25, 0.3) is 0 Å². The first kappa shape index (κ1) is 19.3. The average molecular weight is 286 g/mol. The predicted molar refractivity (Wildman–Crippen MR) is 111 cm³/mol. The van der Waals surface area contributed by atoms with Crippen LogP contribution in [0.25, 0.3) is 21.5 Å². The fourth-order valence-electron chi connectivity index (χ4n) is 4.00. The molecule has 0 saturated carbocycles. The van der Waals surface area contributed by atoms with Crippen LogP contribution in [-0.4, -0.2) is 70.9 Å². The summed E-state index contributed by atoms with van der Waals surface area (Å²) >= 11 is 9.12. The van der Waals surface area contributed by atoms with Crippen LogP contribution in [0.5, 0.6) is 0 Å². The molecule has 0 bridgehead atoms. The third-order valence-corrected chi connectivity index (χ3v) is 5.82. The molecule has 0 unspecified atom stereocenters. The van der Waals surface area contributed by atoms with Crippen molar-refractivity contribution in [3.05, 3.63) is 35.9 Å². The van der Waals surface area contributed by atoms with Crippen LogP contribution in [0.2, 0.25) is 0 Å². The Morgan fingerprint density at radius 1 is 0.750 bits per heavy atom. The minimum absolute atomic E-state index is 1.21. The quantitative estimate of drug-likeness (QED) is 0.377. The second kappa shape index (κ2) is 8.51. The molecule has 0 saturated heterocycles. The van der Waals surface area contributed by atoms with Gasteiger partial charge in [0.05, 0.1) is 0 Å². The van der Waals surface area contributed by atoms with E-state index in [-0.39, 0.29) is 0 Å². The molecule has 102 valence electrons. The summed E-state index contributed by atoms with van der Waals surface area (Å²) in [6.45, 7) is 2.28. The van der Waals surface area contributed by atoms with E-state index >= 15 is 0 Å². The molecule has 0 heterocycles. The molecule has 0 atom stereocenters. The van der Waals surface area contributed by atoms with Gasteiger partial charge in [0.15, 0.2) is 0 Å². The molecule has 0 radical (unpaired) electrons. The third-order valence-electron chi connectivity index (χ3n) is 5.82. The molecule has 0 fully saturated rings. The van der Waals surface area contributed by atoms with Gasteiger partial charge in [0, 0.05) is 0 Å². The molecule has 0 nitrogen and oxygen atoms in total. The Labute approximate surface area is 182 Å². The number of fused-ring (bicyclic) bond motifs is 2. The van der Waals surface area contributed by atoms with Gasteiger partial charge in [-0.25, -0.2) is 0 Å². The van der Waals surface area contributed by atoms with Crippen molar-refractivity contribution < 1.29 is 0 Å². The second-order valence-electron chi connectivity index (χ2n) is 7.36. The number of rotatable bonds is 5. The summed E-state index contributed by atoms with van der Waals surface area (Å²) in [5.74, 6) is 0. The van der Waals surface area contributed by atoms with Crippen molar-refractivity contribution >= 4 is 109 Å². The Morgan fingerprint density at radius 2 is 1.54 bits per heavy atom. The van der Waals surface area contributed by atoms with Crippen LogP contribution in [0.15, 0.2) is 30.3 Å². The van der Waals surface area contributed by atoms with E-state index in [9.17, 15) is 0 Å². The van der Waals surface area contributed by atoms with Crippen molar-refractivity contribution in [2.24, 2.45) is 0 Å². The van der Waals surface area contributed by atoms with E-state index in [0.717, 1.165) is 0 Å². The number of unbranched alkanes of at least 4 members (excludes halogenated alkanes) is 3. The zero-order valence-electron chi connectivity index (χ0n) is 15.9. The fourth-order valence-corrected chi connectivity index (χ4v) is 4.00. The normalized spacial score (nSPS) is 11.7. The van der Waals surface area contributed by atoms with Crippen LogP contribution >= 0.6 is 0 Å². The third kappa shape index (κ3) is 3.80. The minimum atomic E-state index is 1.21. The van der Waals surface area contributed by atoms with E-state index in [1.807, 2.05) is 0 Å². The van der Waals surface area contributed by atoms with Gasteiger partial charge in [-0.15, -0.1) is 0 Å². The zero-order valence-corrected chi connectivity index (χ0v) is 15.9. The topological polar surface area (TPSA) is 0 Å². The summed E-state index contributed by atoms with van der Waals surface area (Å²) < 4.78 is 5.80. The van der Waals surface area contributed by atoms with E-state index in [2.05, 4.69) is 108 Å². The molecule has 0 amide bonds. The van der Waals surface area contributed by atoms with Gasteiger partial charge in [0.2, 0.25) is 0 Å². The molecule has 24 heavy (non-hydrogen) atoms. The van der Waals surface area contributed by atoms with Crippen LogP contribution in [-0.2, 0) is 6.42 Å². The maximum absolute atomic E-state index is 2.45. The summed E-state index contributed by atoms with van der Waals surface area (Å²) in [5, 5.41) is 5.70. The molecular weight excluding hydrogens is 268 g/mol. The van der Waals surface area contributed by atoms with Crippen LogP contribution in [0.1, 0.15) is 38.2 Å². The Kier molecular flexibility index (Phi) is 6.85. The second-order valence-corrected chi connectivity index (χ2v) is 7.36. The van der Waals surface area contributed by atoms with Crippen LogP contribution in [0.4, 0.5) is 0 Å². The monoisotopic (exact) mass is 286 g/mol. The molecule has 0 aliphatic heterocycles. The van der Waals surface area contributed by atoms with Crippen molar-refractivity contribution in [1.82, 2.24) is 0 Å². The zero-order chi connectivity index (χ0) is 17.3. The van der Waals surface area contributed by atoms with E-state index < -0.39 is 0 Å². The molecule has 3 aromatic rings. The first-order chi connectivity index (χ1) is 11.5. The summed E-state index contributed by atoms with van der Waals surface area (Å²) in [6, 6.07) is 11.5. The van der Waals surface area contributed by atoms with Crippen LogP contribution in [0, 0.1) is 0 Å². The van der Waals surface area contributed by atoms with Gasteiger partial charge >= 0.3 is 184 Å². The number of aryl methyl sites for hydroxylation is 1. The van der Waals surface area contributed by atoms with Crippen LogP contribution < -0.4 is 16.9 Å². The van der Waals surface area contributed by atoms with Gasteiger partial charge in [-0.1, -0.05) is 0 Å². The van der Waals surface area contributed by atoms with Crippen molar-refractivity contribution in [3.8, 4) is 0 Å². The number of hydrogen-bond donors (Lipinski definition) is 0. The van der Waals surface area contributed by atoms with Crippen molar-refractivity contribution in [3.63, 3.8) is 0 Å². The van der Waals surface area contributed by atoms with Crippen LogP contribution in [0.3, 0.4) is 0 Å². The standard InChI is InChI=1S/C20H18.4Li/c1-2-3-4-5-9-16-12-8-13-19-14-17-10-6-7-11-18(17)15-20(16)19;;;;/h6-7,10,14-15H,2-5,9H2,1H3;;;;. The van der Waals surface area contributed by atoms with E-state index in [1.165, 1.54) is 70.6 Å². The van der Waals surface area contributed by atoms with Crippen molar-refractivity contribution in [2.45, 2.75) is 39.0 Å². The van der Waals surface area contributed by atoms with Gasteiger partial charge in [-0.05, 0) is 0 Å². The van der Waals surface area contributed by atoms with Gasteiger partial charge < -0.3 is 0 Å². The van der Waals surface area contributed by atoms with Crippen molar-refractivity contribution in [2.75, 3.05) is 0 Å². The Bertz CT molecular complexity index is 899. The Balaban J connectivity index is 2.22. The summed E-state index contributed by atoms with van der Waals surface area (Å²) in [7, 11) is 0. The number of benzene rings is 3. The van der Waals surface area contributed by atoms with E-state index in [4.69, 9.17) is 0 Å². The molecule has 0 aliphatic carbocycles. The first-order valence-electron chi connectivity index (χ1n) is 9.46. The maximum atomic E-state index is 2.45. The van der Waals surface area contributed by atoms with E-state index in [1.54, 1.807) is 5.56 Å². The van der Waals surface area contributed by atoms with Gasteiger partial charge in [-0.2, -0.15) is 0 Å².